The predicted molar refractivity (Wildman–Crippen MR) is 67.9 cm³/mol. The summed E-state index contributed by atoms with van der Waals surface area (Å²) < 4.78 is 9.90. The number of rotatable bonds is 5. The van der Waals surface area contributed by atoms with Crippen LogP contribution in [-0.4, -0.2) is 27.9 Å². The van der Waals surface area contributed by atoms with Gasteiger partial charge in [-0.2, -0.15) is 0 Å². The van der Waals surface area contributed by atoms with Gasteiger partial charge in [-0.05, 0) is 24.6 Å². The second-order valence-electron chi connectivity index (χ2n) is 3.55. The Morgan fingerprint density at radius 3 is 3.05 bits per heavy atom. The molecule has 0 radical (unpaired) electrons. The number of aromatic hydroxyl groups is 1. The molecule has 0 saturated carbocycles. The Morgan fingerprint density at radius 1 is 1.47 bits per heavy atom. The molecule has 0 aliphatic rings. The molecule has 0 atom stereocenters. The van der Waals surface area contributed by atoms with E-state index in [4.69, 9.17) is 9.15 Å². The summed E-state index contributed by atoms with van der Waals surface area (Å²) in [5.41, 5.74) is 0.917. The quantitative estimate of drug-likeness (QED) is 0.664. The third kappa shape index (κ3) is 3.72. The monoisotopic (exact) mass is 280 g/mol. The second kappa shape index (κ2) is 6.24. The number of thioether (sulfide) groups is 1. The fourth-order valence-electron chi connectivity index (χ4n) is 1.33. The van der Waals surface area contributed by atoms with Crippen molar-refractivity contribution in [3.8, 4) is 5.75 Å². The van der Waals surface area contributed by atoms with Crippen molar-refractivity contribution < 1.29 is 19.1 Å². The Hall–Kier alpha value is -2.02. The van der Waals surface area contributed by atoms with Crippen molar-refractivity contribution in [2.45, 2.75) is 17.9 Å². The number of aromatic nitrogens is 2. The Balaban J connectivity index is 1.95. The molecule has 0 unspecified atom stereocenters. The number of ether oxygens (including phenoxy) is 1. The normalized spacial score (nSPS) is 10.4. The van der Waals surface area contributed by atoms with E-state index >= 15 is 0 Å². The number of carbonyl (C=O) groups is 1. The summed E-state index contributed by atoms with van der Waals surface area (Å²) >= 11 is 1.28. The van der Waals surface area contributed by atoms with Crippen LogP contribution in [0.3, 0.4) is 0 Å². The van der Waals surface area contributed by atoms with Crippen molar-refractivity contribution in [3.05, 3.63) is 35.7 Å². The van der Waals surface area contributed by atoms with Crippen molar-refractivity contribution >= 4 is 17.7 Å². The molecule has 2 rings (SSSR count). The maximum Gasteiger partial charge on any atom is 0.396 e. The number of phenolic OH excluding ortho intramolecular Hbond substituents is 1. The summed E-state index contributed by atoms with van der Waals surface area (Å²) in [6.45, 7) is 1.96. The molecule has 1 aromatic carbocycles. The summed E-state index contributed by atoms with van der Waals surface area (Å²) in [4.78, 5) is 11.3. The van der Waals surface area contributed by atoms with Gasteiger partial charge in [0.25, 0.3) is 5.22 Å². The standard InChI is InChI=1S/C12H12N2O4S/c1-2-17-11(16)10-13-14-12(18-10)19-7-8-4-3-5-9(15)6-8/h3-6,15H,2,7H2,1H3. The Labute approximate surface area is 113 Å². The van der Waals surface area contributed by atoms with Gasteiger partial charge < -0.3 is 14.3 Å². The van der Waals surface area contributed by atoms with Gasteiger partial charge in [-0.3, -0.25) is 0 Å². The highest BCUT2D eigenvalue weighted by Crippen LogP contribution is 2.23. The van der Waals surface area contributed by atoms with Crippen LogP contribution in [0.15, 0.2) is 33.9 Å². The first-order valence-corrected chi connectivity index (χ1v) is 6.59. The number of carbonyl (C=O) groups excluding carboxylic acids is 1. The van der Waals surface area contributed by atoms with Gasteiger partial charge in [-0.1, -0.05) is 29.0 Å². The van der Waals surface area contributed by atoms with Crippen LogP contribution in [0.25, 0.3) is 0 Å². The molecule has 0 bridgehead atoms. The number of nitrogens with zero attached hydrogens (tertiary/aromatic N) is 2. The third-order valence-electron chi connectivity index (χ3n) is 2.13. The van der Waals surface area contributed by atoms with E-state index in [1.807, 2.05) is 6.07 Å². The van der Waals surface area contributed by atoms with Gasteiger partial charge in [0.05, 0.1) is 6.61 Å². The van der Waals surface area contributed by atoms with Crippen LogP contribution in [0.4, 0.5) is 0 Å². The molecule has 7 heteroatoms. The minimum Gasteiger partial charge on any atom is -0.508 e. The van der Waals surface area contributed by atoms with Gasteiger partial charge in [0, 0.05) is 5.75 Å². The van der Waals surface area contributed by atoms with Crippen molar-refractivity contribution in [2.75, 3.05) is 6.61 Å². The van der Waals surface area contributed by atoms with Gasteiger partial charge in [0.1, 0.15) is 5.75 Å². The second-order valence-corrected chi connectivity index (χ2v) is 4.48. The van der Waals surface area contributed by atoms with Crippen LogP contribution >= 0.6 is 11.8 Å². The molecule has 0 saturated heterocycles. The van der Waals surface area contributed by atoms with Crippen molar-refractivity contribution in [3.63, 3.8) is 0 Å². The first-order chi connectivity index (χ1) is 9.19. The van der Waals surface area contributed by atoms with E-state index < -0.39 is 5.97 Å². The molecule has 6 nitrogen and oxygen atoms in total. The van der Waals surface area contributed by atoms with Crippen LogP contribution in [0, 0.1) is 0 Å². The molecular formula is C12H12N2O4S. The molecule has 0 aliphatic heterocycles. The molecule has 1 heterocycles. The Morgan fingerprint density at radius 2 is 2.32 bits per heavy atom. The van der Waals surface area contributed by atoms with E-state index in [-0.39, 0.29) is 23.5 Å². The summed E-state index contributed by atoms with van der Waals surface area (Å²) in [5.74, 6) is -0.0194. The minimum atomic E-state index is -0.626. The molecule has 100 valence electrons. The number of benzene rings is 1. The molecule has 19 heavy (non-hydrogen) atoms. The van der Waals surface area contributed by atoms with E-state index in [1.54, 1.807) is 25.1 Å². The van der Waals surface area contributed by atoms with E-state index in [0.29, 0.717) is 5.75 Å². The van der Waals surface area contributed by atoms with Gasteiger partial charge in [-0.15, -0.1) is 5.10 Å². The molecule has 1 aromatic heterocycles. The summed E-state index contributed by atoms with van der Waals surface area (Å²) in [6, 6.07) is 6.87. The largest absolute Gasteiger partial charge is 0.508 e. The zero-order valence-corrected chi connectivity index (χ0v) is 11.0. The van der Waals surface area contributed by atoms with Gasteiger partial charge in [0.2, 0.25) is 0 Å². The SMILES string of the molecule is CCOC(=O)c1nnc(SCc2cccc(O)c2)o1. The zero-order chi connectivity index (χ0) is 13.7. The maximum absolute atomic E-state index is 11.3. The van der Waals surface area contributed by atoms with Gasteiger partial charge >= 0.3 is 11.9 Å². The van der Waals surface area contributed by atoms with Crippen molar-refractivity contribution in [1.82, 2.24) is 10.2 Å². The first-order valence-electron chi connectivity index (χ1n) is 5.60. The topological polar surface area (TPSA) is 85.5 Å². The highest BCUT2D eigenvalue weighted by Gasteiger charge is 2.15. The lowest BCUT2D eigenvalue weighted by molar-refractivity contribution is 0.0475. The van der Waals surface area contributed by atoms with Crippen molar-refractivity contribution in [2.24, 2.45) is 0 Å². The molecule has 0 spiro atoms. The molecule has 2 aromatic rings. The maximum atomic E-state index is 11.3. The average molecular weight is 280 g/mol. The zero-order valence-electron chi connectivity index (χ0n) is 10.2. The van der Waals surface area contributed by atoms with Gasteiger partial charge in [-0.25, -0.2) is 4.79 Å². The van der Waals surface area contributed by atoms with E-state index in [2.05, 4.69) is 10.2 Å². The number of hydrogen-bond acceptors (Lipinski definition) is 7. The molecule has 1 N–H and O–H groups in total. The highest BCUT2D eigenvalue weighted by molar-refractivity contribution is 7.98. The van der Waals surface area contributed by atoms with Gasteiger partial charge in [0.15, 0.2) is 0 Å². The molecular weight excluding hydrogens is 268 g/mol. The number of phenols is 1. The smallest absolute Gasteiger partial charge is 0.396 e. The highest BCUT2D eigenvalue weighted by atomic mass is 32.2. The lowest BCUT2D eigenvalue weighted by Crippen LogP contribution is -2.04. The third-order valence-corrected chi connectivity index (χ3v) is 3.02. The summed E-state index contributed by atoms with van der Waals surface area (Å²) in [6.07, 6.45) is 0. The molecule has 0 aliphatic carbocycles. The van der Waals surface area contributed by atoms with Crippen LogP contribution in [0.2, 0.25) is 0 Å². The first kappa shape index (κ1) is 13.4. The van der Waals surface area contributed by atoms with E-state index in [1.165, 1.54) is 11.8 Å². The van der Waals surface area contributed by atoms with Crippen LogP contribution in [0.1, 0.15) is 23.2 Å². The van der Waals surface area contributed by atoms with Crippen molar-refractivity contribution in [1.29, 1.82) is 0 Å². The summed E-state index contributed by atoms with van der Waals surface area (Å²) in [7, 11) is 0. The van der Waals surface area contributed by atoms with Crippen LogP contribution in [0.5, 0.6) is 5.75 Å². The average Bonchev–Trinajstić information content (AvgIpc) is 2.86. The van der Waals surface area contributed by atoms with Crippen LogP contribution < -0.4 is 0 Å². The number of hydrogen-bond donors (Lipinski definition) is 1. The predicted octanol–water partition coefficient (Wildman–Crippen LogP) is 2.24. The molecule has 0 fully saturated rings. The molecule has 0 amide bonds. The minimum absolute atomic E-state index is 0.153. The van der Waals surface area contributed by atoms with E-state index in [0.717, 1.165) is 5.56 Å². The Kier molecular flexibility index (Phi) is 4.40. The fraction of sp³-hybridized carbons (Fsp3) is 0.250. The lowest BCUT2D eigenvalue weighted by Gasteiger charge is -1.98. The van der Waals surface area contributed by atoms with E-state index in [9.17, 15) is 9.90 Å². The fourth-order valence-corrected chi connectivity index (χ4v) is 2.04. The summed E-state index contributed by atoms with van der Waals surface area (Å²) in [5, 5.41) is 17.0. The van der Waals surface area contributed by atoms with Crippen LogP contribution in [-0.2, 0) is 10.5 Å². The lowest BCUT2D eigenvalue weighted by atomic mass is 10.2. The number of esters is 1. The Bertz CT molecular complexity index is 570.